The Morgan fingerprint density at radius 1 is 0.839 bits per heavy atom. The molecule has 0 aliphatic carbocycles. The number of nitrogens with zero attached hydrogens (tertiary/aromatic N) is 1. The van der Waals surface area contributed by atoms with Crippen LogP contribution in [0.25, 0.3) is 12.2 Å². The van der Waals surface area contributed by atoms with E-state index in [1.165, 1.54) is 11.1 Å². The standard InChI is InChI=1S/C27H31NOS2/c1-18(2)22-10-6-20(7-11-22)14-24-16-28(27(30)31-5)17-25(26(24)29)15-21-8-12-23(13-9-21)19(3)4/h6-15,18-19H,16-17H2,1-5H3/b24-14+,25-15+. The molecule has 1 fully saturated rings. The van der Waals surface area contributed by atoms with E-state index < -0.39 is 0 Å². The van der Waals surface area contributed by atoms with E-state index in [1.54, 1.807) is 11.8 Å². The maximum absolute atomic E-state index is 13.3. The smallest absolute Gasteiger partial charge is 0.188 e. The fourth-order valence-electron chi connectivity index (χ4n) is 3.65. The van der Waals surface area contributed by atoms with Gasteiger partial charge in [-0.2, -0.15) is 0 Å². The molecule has 2 nitrogen and oxygen atoms in total. The van der Waals surface area contributed by atoms with Crippen LogP contribution in [0.1, 0.15) is 61.8 Å². The molecular weight excluding hydrogens is 418 g/mol. The number of hydrogen-bond acceptors (Lipinski definition) is 3. The molecule has 1 saturated heterocycles. The first kappa shape index (κ1) is 23.5. The molecule has 1 heterocycles. The SMILES string of the molecule is CSC(=S)N1C/C(=C\c2ccc(C(C)C)cc2)C(=O)/C(=C/c2ccc(C(C)C)cc2)C1. The highest BCUT2D eigenvalue weighted by Gasteiger charge is 2.27. The highest BCUT2D eigenvalue weighted by atomic mass is 32.2. The van der Waals surface area contributed by atoms with Gasteiger partial charge in [-0.25, -0.2) is 0 Å². The Morgan fingerprint density at radius 3 is 1.55 bits per heavy atom. The van der Waals surface area contributed by atoms with E-state index in [4.69, 9.17) is 12.2 Å². The molecule has 162 valence electrons. The fraction of sp³-hybridized carbons (Fsp3) is 0.333. The van der Waals surface area contributed by atoms with Crippen molar-refractivity contribution in [2.45, 2.75) is 39.5 Å². The highest BCUT2D eigenvalue weighted by Crippen LogP contribution is 2.25. The molecule has 0 radical (unpaired) electrons. The van der Waals surface area contributed by atoms with Gasteiger partial charge in [0.15, 0.2) is 5.78 Å². The first-order valence-electron chi connectivity index (χ1n) is 10.8. The van der Waals surface area contributed by atoms with Crippen LogP contribution in [0.15, 0.2) is 59.7 Å². The second-order valence-electron chi connectivity index (χ2n) is 8.64. The van der Waals surface area contributed by atoms with Crippen molar-refractivity contribution in [3.63, 3.8) is 0 Å². The summed E-state index contributed by atoms with van der Waals surface area (Å²) in [6.45, 7) is 9.84. The van der Waals surface area contributed by atoms with E-state index in [9.17, 15) is 4.79 Å². The molecule has 2 aromatic rings. The Labute approximate surface area is 196 Å². The minimum atomic E-state index is 0.112. The van der Waals surface area contributed by atoms with E-state index >= 15 is 0 Å². The molecule has 0 unspecified atom stereocenters. The Bertz CT molecular complexity index is 925. The van der Waals surface area contributed by atoms with Crippen molar-refractivity contribution < 1.29 is 4.79 Å². The molecule has 0 N–H and O–H groups in total. The monoisotopic (exact) mass is 449 g/mol. The molecule has 31 heavy (non-hydrogen) atoms. The molecule has 0 atom stereocenters. The van der Waals surface area contributed by atoms with Crippen LogP contribution in [0, 0.1) is 0 Å². The Hall–Kier alpha value is -2.17. The van der Waals surface area contributed by atoms with Crippen LogP contribution in [0.4, 0.5) is 0 Å². The van der Waals surface area contributed by atoms with Crippen molar-refractivity contribution in [1.29, 1.82) is 0 Å². The van der Waals surface area contributed by atoms with Crippen LogP contribution < -0.4 is 0 Å². The number of ketones is 1. The summed E-state index contributed by atoms with van der Waals surface area (Å²) < 4.78 is 0.814. The maximum atomic E-state index is 13.3. The first-order valence-corrected chi connectivity index (χ1v) is 12.4. The van der Waals surface area contributed by atoms with Gasteiger partial charge in [-0.1, -0.05) is 88.4 Å². The molecule has 1 aliphatic heterocycles. The molecule has 0 bridgehead atoms. The fourth-order valence-corrected chi connectivity index (χ4v) is 4.17. The number of thiocarbonyl (C=S) groups is 1. The van der Waals surface area contributed by atoms with Gasteiger partial charge in [0.2, 0.25) is 0 Å². The van der Waals surface area contributed by atoms with Gasteiger partial charge in [-0.15, -0.1) is 11.8 Å². The van der Waals surface area contributed by atoms with Crippen molar-refractivity contribution in [3.8, 4) is 0 Å². The van der Waals surface area contributed by atoms with E-state index in [2.05, 4.69) is 81.1 Å². The minimum Gasteiger partial charge on any atom is -0.349 e. The van der Waals surface area contributed by atoms with Crippen LogP contribution in [-0.4, -0.2) is 34.3 Å². The van der Waals surface area contributed by atoms with Gasteiger partial charge in [0.25, 0.3) is 0 Å². The second kappa shape index (κ2) is 10.4. The summed E-state index contributed by atoms with van der Waals surface area (Å²) in [5.41, 5.74) is 6.26. The van der Waals surface area contributed by atoms with E-state index in [0.29, 0.717) is 24.9 Å². The Kier molecular flexibility index (Phi) is 7.90. The van der Waals surface area contributed by atoms with E-state index in [1.807, 2.05) is 18.4 Å². The van der Waals surface area contributed by atoms with Gasteiger partial charge in [-0.05, 0) is 52.5 Å². The predicted octanol–water partition coefficient (Wildman–Crippen LogP) is 6.93. The lowest BCUT2D eigenvalue weighted by molar-refractivity contribution is -0.113. The molecule has 4 heteroatoms. The third kappa shape index (κ3) is 5.96. The van der Waals surface area contributed by atoms with Crippen molar-refractivity contribution in [2.24, 2.45) is 0 Å². The number of thioether (sulfide) groups is 1. The van der Waals surface area contributed by atoms with Crippen LogP contribution in [0.5, 0.6) is 0 Å². The Morgan fingerprint density at radius 2 is 1.23 bits per heavy atom. The average molecular weight is 450 g/mol. The number of likely N-dealkylation sites (tertiary alicyclic amines) is 1. The van der Waals surface area contributed by atoms with Crippen molar-refractivity contribution in [1.82, 2.24) is 4.90 Å². The summed E-state index contributed by atoms with van der Waals surface area (Å²) in [5, 5.41) is 0. The number of carbonyl (C=O) groups excluding carboxylic acids is 1. The van der Waals surface area contributed by atoms with Crippen LogP contribution in [-0.2, 0) is 4.79 Å². The van der Waals surface area contributed by atoms with Crippen molar-refractivity contribution in [3.05, 3.63) is 81.9 Å². The van der Waals surface area contributed by atoms with Crippen molar-refractivity contribution >= 4 is 46.2 Å². The number of rotatable bonds is 4. The molecule has 2 aromatic carbocycles. The number of Topliss-reactive ketones (excluding diaryl/α,β-unsaturated/α-hetero) is 1. The molecule has 0 spiro atoms. The first-order chi connectivity index (χ1) is 14.8. The predicted molar refractivity (Wildman–Crippen MR) is 140 cm³/mol. The lowest BCUT2D eigenvalue weighted by Gasteiger charge is -2.31. The van der Waals surface area contributed by atoms with Gasteiger partial charge < -0.3 is 4.90 Å². The summed E-state index contributed by atoms with van der Waals surface area (Å²) in [7, 11) is 0. The number of carbonyl (C=O) groups is 1. The highest BCUT2D eigenvalue weighted by molar-refractivity contribution is 8.22. The maximum Gasteiger partial charge on any atom is 0.188 e. The summed E-state index contributed by atoms with van der Waals surface area (Å²) in [6, 6.07) is 16.9. The van der Waals surface area contributed by atoms with Crippen LogP contribution in [0.3, 0.4) is 0 Å². The molecular formula is C27H31NOS2. The third-order valence-corrected chi connectivity index (χ3v) is 6.99. The topological polar surface area (TPSA) is 20.3 Å². The molecule has 0 aromatic heterocycles. The normalized spacial score (nSPS) is 17.3. The zero-order valence-electron chi connectivity index (χ0n) is 19.0. The van der Waals surface area contributed by atoms with Gasteiger partial charge in [0.1, 0.15) is 4.32 Å². The number of hydrogen-bond donors (Lipinski definition) is 0. The summed E-state index contributed by atoms with van der Waals surface area (Å²) in [5.74, 6) is 1.09. The largest absolute Gasteiger partial charge is 0.349 e. The van der Waals surface area contributed by atoms with Gasteiger partial charge in [0.05, 0.1) is 0 Å². The number of piperidine rings is 1. The van der Waals surface area contributed by atoms with Gasteiger partial charge in [0, 0.05) is 24.2 Å². The molecule has 0 amide bonds. The summed E-state index contributed by atoms with van der Waals surface area (Å²) in [4.78, 5) is 15.4. The van der Waals surface area contributed by atoms with E-state index in [-0.39, 0.29) is 5.78 Å². The third-order valence-electron chi connectivity index (χ3n) is 5.63. The Balaban J connectivity index is 1.94. The molecule has 3 rings (SSSR count). The van der Waals surface area contributed by atoms with E-state index in [0.717, 1.165) is 26.6 Å². The quantitative estimate of drug-likeness (QED) is 0.372. The second-order valence-corrected chi connectivity index (χ2v) is 10.1. The van der Waals surface area contributed by atoms with Gasteiger partial charge in [-0.3, -0.25) is 4.79 Å². The average Bonchev–Trinajstić information content (AvgIpc) is 2.76. The lowest BCUT2D eigenvalue weighted by atomic mass is 9.93. The van der Waals surface area contributed by atoms with Crippen LogP contribution >= 0.6 is 24.0 Å². The zero-order valence-corrected chi connectivity index (χ0v) is 20.6. The molecule has 1 aliphatic rings. The summed E-state index contributed by atoms with van der Waals surface area (Å²) >= 11 is 7.11. The van der Waals surface area contributed by atoms with Gasteiger partial charge >= 0.3 is 0 Å². The number of benzene rings is 2. The van der Waals surface area contributed by atoms with Crippen LogP contribution in [0.2, 0.25) is 0 Å². The van der Waals surface area contributed by atoms with Crippen molar-refractivity contribution in [2.75, 3.05) is 19.3 Å². The minimum absolute atomic E-state index is 0.112. The lowest BCUT2D eigenvalue weighted by Crippen LogP contribution is -2.39. The zero-order chi connectivity index (χ0) is 22.5. The molecule has 0 saturated carbocycles. The summed E-state index contributed by atoms with van der Waals surface area (Å²) in [6.07, 6.45) is 6.01.